The van der Waals surface area contributed by atoms with Crippen LogP contribution in [0.3, 0.4) is 0 Å². The van der Waals surface area contributed by atoms with E-state index in [1.165, 1.54) is 12.1 Å². The van der Waals surface area contributed by atoms with Gasteiger partial charge in [0.1, 0.15) is 18.1 Å². The zero-order valence-corrected chi connectivity index (χ0v) is 9.16. The standard InChI is InChI=1S/C10H7BrFNO2/c11-6-1-2-8(9(12)3-6)10-4-7(5-14)15-13-10/h1-4,14H,5H2. The van der Waals surface area contributed by atoms with Gasteiger partial charge in [-0.15, -0.1) is 0 Å². The van der Waals surface area contributed by atoms with Crippen LogP contribution in [0, 0.1) is 5.82 Å². The number of hydrogen-bond acceptors (Lipinski definition) is 3. The molecule has 0 aliphatic heterocycles. The van der Waals surface area contributed by atoms with Crippen molar-refractivity contribution in [1.29, 1.82) is 0 Å². The molecule has 78 valence electrons. The van der Waals surface area contributed by atoms with E-state index < -0.39 is 0 Å². The summed E-state index contributed by atoms with van der Waals surface area (Å²) in [5.41, 5.74) is 0.728. The molecule has 0 spiro atoms. The molecule has 0 atom stereocenters. The van der Waals surface area contributed by atoms with Crippen LogP contribution in [0.1, 0.15) is 5.76 Å². The zero-order chi connectivity index (χ0) is 10.8. The lowest BCUT2D eigenvalue weighted by Crippen LogP contribution is -1.83. The summed E-state index contributed by atoms with van der Waals surface area (Å²) in [7, 11) is 0. The molecule has 0 fully saturated rings. The highest BCUT2D eigenvalue weighted by Gasteiger charge is 2.10. The zero-order valence-electron chi connectivity index (χ0n) is 7.58. The van der Waals surface area contributed by atoms with Gasteiger partial charge in [0.15, 0.2) is 5.76 Å². The minimum absolute atomic E-state index is 0.245. The molecular formula is C10H7BrFNO2. The molecule has 1 aromatic heterocycles. The first-order valence-corrected chi connectivity index (χ1v) is 5.02. The SMILES string of the molecule is OCc1cc(-c2ccc(Br)cc2F)no1. The first-order chi connectivity index (χ1) is 7.20. The first-order valence-electron chi connectivity index (χ1n) is 4.22. The quantitative estimate of drug-likeness (QED) is 0.914. The Balaban J connectivity index is 2.44. The van der Waals surface area contributed by atoms with E-state index in [0.29, 0.717) is 21.5 Å². The van der Waals surface area contributed by atoms with Gasteiger partial charge in [-0.3, -0.25) is 0 Å². The Hall–Kier alpha value is -1.20. The van der Waals surface area contributed by atoms with Crippen molar-refractivity contribution in [2.75, 3.05) is 0 Å². The lowest BCUT2D eigenvalue weighted by atomic mass is 10.1. The molecular weight excluding hydrogens is 265 g/mol. The lowest BCUT2D eigenvalue weighted by Gasteiger charge is -1.98. The topological polar surface area (TPSA) is 46.3 Å². The average molecular weight is 272 g/mol. The van der Waals surface area contributed by atoms with Crippen LogP contribution in [0.15, 0.2) is 33.3 Å². The van der Waals surface area contributed by atoms with E-state index in [1.807, 2.05) is 0 Å². The second kappa shape index (κ2) is 4.12. The maximum Gasteiger partial charge on any atom is 0.162 e. The predicted molar refractivity (Wildman–Crippen MR) is 55.5 cm³/mol. The van der Waals surface area contributed by atoms with Gasteiger partial charge in [-0.2, -0.15) is 0 Å². The van der Waals surface area contributed by atoms with Crippen LogP contribution in [0.25, 0.3) is 11.3 Å². The summed E-state index contributed by atoms with van der Waals surface area (Å²) in [6.07, 6.45) is 0. The van der Waals surface area contributed by atoms with E-state index in [-0.39, 0.29) is 12.4 Å². The van der Waals surface area contributed by atoms with Crippen LogP contribution in [-0.2, 0) is 6.61 Å². The van der Waals surface area contributed by atoms with E-state index in [9.17, 15) is 4.39 Å². The van der Waals surface area contributed by atoms with Gasteiger partial charge >= 0.3 is 0 Å². The smallest absolute Gasteiger partial charge is 0.162 e. The summed E-state index contributed by atoms with van der Waals surface area (Å²) in [6.45, 7) is -0.245. The molecule has 0 amide bonds. The van der Waals surface area contributed by atoms with Gasteiger partial charge in [-0.05, 0) is 18.2 Å². The van der Waals surface area contributed by atoms with E-state index in [4.69, 9.17) is 9.63 Å². The molecule has 2 rings (SSSR count). The maximum absolute atomic E-state index is 13.5. The first kappa shape index (κ1) is 10.3. The minimum Gasteiger partial charge on any atom is -0.388 e. The second-order valence-electron chi connectivity index (χ2n) is 2.96. The van der Waals surface area contributed by atoms with Crippen molar-refractivity contribution < 1.29 is 14.0 Å². The molecule has 3 nitrogen and oxygen atoms in total. The molecule has 15 heavy (non-hydrogen) atoms. The number of rotatable bonds is 2. The van der Waals surface area contributed by atoms with Crippen LogP contribution in [0.5, 0.6) is 0 Å². The fraction of sp³-hybridized carbons (Fsp3) is 0.100. The third-order valence-electron chi connectivity index (χ3n) is 1.92. The van der Waals surface area contributed by atoms with Crippen LogP contribution in [0.4, 0.5) is 4.39 Å². The second-order valence-corrected chi connectivity index (χ2v) is 3.88. The fourth-order valence-electron chi connectivity index (χ4n) is 1.21. The van der Waals surface area contributed by atoms with Crippen LogP contribution >= 0.6 is 15.9 Å². The van der Waals surface area contributed by atoms with E-state index in [0.717, 1.165) is 0 Å². The average Bonchev–Trinajstić information content (AvgIpc) is 2.66. The van der Waals surface area contributed by atoms with Crippen LogP contribution in [0.2, 0.25) is 0 Å². The van der Waals surface area contributed by atoms with E-state index in [2.05, 4.69) is 21.1 Å². The molecule has 1 heterocycles. The van der Waals surface area contributed by atoms with Gasteiger partial charge in [0, 0.05) is 16.1 Å². The number of aliphatic hydroxyl groups excluding tert-OH is 1. The Morgan fingerprint density at radius 3 is 2.80 bits per heavy atom. The molecule has 0 saturated heterocycles. The monoisotopic (exact) mass is 271 g/mol. The highest BCUT2D eigenvalue weighted by molar-refractivity contribution is 9.10. The number of aliphatic hydroxyl groups is 1. The van der Waals surface area contributed by atoms with Gasteiger partial charge in [0.25, 0.3) is 0 Å². The molecule has 1 N–H and O–H groups in total. The predicted octanol–water partition coefficient (Wildman–Crippen LogP) is 2.74. The third-order valence-corrected chi connectivity index (χ3v) is 2.42. The molecule has 5 heteroatoms. The van der Waals surface area contributed by atoms with Crippen molar-refractivity contribution in [1.82, 2.24) is 5.16 Å². The lowest BCUT2D eigenvalue weighted by molar-refractivity contribution is 0.229. The third kappa shape index (κ3) is 2.08. The summed E-state index contributed by atoms with van der Waals surface area (Å²) >= 11 is 3.16. The molecule has 0 aliphatic rings. The molecule has 1 aromatic carbocycles. The number of benzene rings is 1. The van der Waals surface area contributed by atoms with Crippen LogP contribution < -0.4 is 0 Å². The maximum atomic E-state index is 13.5. The number of nitrogens with zero attached hydrogens (tertiary/aromatic N) is 1. The number of halogens is 2. The normalized spacial score (nSPS) is 10.6. The molecule has 2 aromatic rings. The van der Waals surface area contributed by atoms with Gasteiger partial charge in [0.05, 0.1) is 0 Å². The Morgan fingerprint density at radius 1 is 1.40 bits per heavy atom. The van der Waals surface area contributed by atoms with Crippen LogP contribution in [-0.4, -0.2) is 10.3 Å². The van der Waals surface area contributed by atoms with Crippen molar-refractivity contribution in [3.05, 3.63) is 40.3 Å². The van der Waals surface area contributed by atoms with Gasteiger partial charge in [-0.1, -0.05) is 21.1 Å². The van der Waals surface area contributed by atoms with Gasteiger partial charge in [0.2, 0.25) is 0 Å². The van der Waals surface area contributed by atoms with Crippen molar-refractivity contribution in [3.63, 3.8) is 0 Å². The Bertz CT molecular complexity index is 484. The minimum atomic E-state index is -0.387. The fourth-order valence-corrected chi connectivity index (χ4v) is 1.54. The van der Waals surface area contributed by atoms with Crippen molar-refractivity contribution >= 4 is 15.9 Å². The highest BCUT2D eigenvalue weighted by Crippen LogP contribution is 2.25. The molecule has 0 bridgehead atoms. The van der Waals surface area contributed by atoms with Crippen molar-refractivity contribution in [2.45, 2.75) is 6.61 Å². The highest BCUT2D eigenvalue weighted by atomic mass is 79.9. The summed E-state index contributed by atoms with van der Waals surface area (Å²) in [5.74, 6) is -0.0746. The Morgan fingerprint density at radius 2 is 2.20 bits per heavy atom. The summed E-state index contributed by atoms with van der Waals surface area (Å²) in [4.78, 5) is 0. The van der Waals surface area contributed by atoms with E-state index >= 15 is 0 Å². The largest absolute Gasteiger partial charge is 0.388 e. The summed E-state index contributed by atoms with van der Waals surface area (Å²) < 4.78 is 18.9. The summed E-state index contributed by atoms with van der Waals surface area (Å²) in [6, 6.07) is 6.17. The number of aromatic nitrogens is 1. The van der Waals surface area contributed by atoms with Gasteiger partial charge < -0.3 is 9.63 Å². The number of hydrogen-bond donors (Lipinski definition) is 1. The molecule has 0 radical (unpaired) electrons. The molecule has 0 aliphatic carbocycles. The Labute approximate surface area is 93.6 Å². The molecule has 0 saturated carbocycles. The molecule has 0 unspecified atom stereocenters. The van der Waals surface area contributed by atoms with Gasteiger partial charge in [-0.25, -0.2) is 4.39 Å². The Kier molecular flexibility index (Phi) is 2.83. The van der Waals surface area contributed by atoms with E-state index in [1.54, 1.807) is 12.1 Å². The van der Waals surface area contributed by atoms with Crippen molar-refractivity contribution in [3.8, 4) is 11.3 Å². The summed E-state index contributed by atoms with van der Waals surface area (Å²) in [5, 5.41) is 12.4. The van der Waals surface area contributed by atoms with Crippen molar-refractivity contribution in [2.24, 2.45) is 0 Å².